The largest absolute Gasteiger partial charge is 0.316 e. The summed E-state index contributed by atoms with van der Waals surface area (Å²) >= 11 is 0. The summed E-state index contributed by atoms with van der Waals surface area (Å²) in [6.07, 6.45) is 6.96. The van der Waals surface area contributed by atoms with E-state index < -0.39 is 0 Å². The van der Waals surface area contributed by atoms with Crippen molar-refractivity contribution >= 4 is 0 Å². The van der Waals surface area contributed by atoms with Crippen molar-refractivity contribution in [2.24, 2.45) is 5.41 Å². The Hall–Kier alpha value is -0.0800. The topological polar surface area (TPSA) is 15.3 Å². The van der Waals surface area contributed by atoms with Gasteiger partial charge in [-0.2, -0.15) is 0 Å². The zero-order valence-corrected chi connectivity index (χ0v) is 10.4. The van der Waals surface area contributed by atoms with Crippen molar-refractivity contribution in [2.75, 3.05) is 26.2 Å². The summed E-state index contributed by atoms with van der Waals surface area (Å²) in [4.78, 5) is 2.72. The highest BCUT2D eigenvalue weighted by Crippen LogP contribution is 2.33. The van der Waals surface area contributed by atoms with E-state index >= 15 is 0 Å². The third-order valence-corrected chi connectivity index (χ3v) is 4.54. The van der Waals surface area contributed by atoms with Crippen LogP contribution in [0.2, 0.25) is 0 Å². The van der Waals surface area contributed by atoms with Gasteiger partial charge in [-0.05, 0) is 57.5 Å². The highest BCUT2D eigenvalue weighted by molar-refractivity contribution is 4.90. The number of rotatable bonds is 3. The molecular weight excluding hydrogens is 184 g/mol. The Morgan fingerprint density at radius 1 is 1.40 bits per heavy atom. The van der Waals surface area contributed by atoms with E-state index in [1.54, 1.807) is 0 Å². The van der Waals surface area contributed by atoms with Crippen molar-refractivity contribution in [3.05, 3.63) is 0 Å². The van der Waals surface area contributed by atoms with Crippen molar-refractivity contribution in [2.45, 2.75) is 52.0 Å². The van der Waals surface area contributed by atoms with E-state index in [9.17, 15) is 0 Å². The molecular formula is C13H26N2. The smallest absolute Gasteiger partial charge is 0.00676 e. The molecule has 0 aliphatic carbocycles. The summed E-state index contributed by atoms with van der Waals surface area (Å²) in [6, 6.07) is 0.829. The van der Waals surface area contributed by atoms with Gasteiger partial charge < -0.3 is 10.2 Å². The van der Waals surface area contributed by atoms with E-state index in [4.69, 9.17) is 0 Å². The van der Waals surface area contributed by atoms with Gasteiger partial charge in [0.15, 0.2) is 0 Å². The van der Waals surface area contributed by atoms with Crippen molar-refractivity contribution in [3.8, 4) is 0 Å². The molecule has 2 saturated heterocycles. The first kappa shape index (κ1) is 11.4. The predicted molar refractivity (Wildman–Crippen MR) is 65.1 cm³/mol. The Balaban J connectivity index is 1.94. The molecule has 0 radical (unpaired) electrons. The SMILES string of the molecule is CCC1(CN2CCCC2C)CCCNC1. The molecule has 0 aromatic heterocycles. The maximum Gasteiger partial charge on any atom is 0.00676 e. The molecule has 2 nitrogen and oxygen atoms in total. The standard InChI is InChI=1S/C13H26N2/c1-3-13(7-5-8-14-10-13)11-15-9-4-6-12(15)2/h12,14H,3-11H2,1-2H3. The van der Waals surface area contributed by atoms with E-state index in [1.807, 2.05) is 0 Å². The normalized spacial score (nSPS) is 38.4. The monoisotopic (exact) mass is 210 g/mol. The van der Waals surface area contributed by atoms with Crippen LogP contribution in [0.1, 0.15) is 46.0 Å². The molecule has 2 aliphatic rings. The van der Waals surface area contributed by atoms with Crippen LogP contribution in [0.3, 0.4) is 0 Å². The minimum absolute atomic E-state index is 0.580. The highest BCUT2D eigenvalue weighted by Gasteiger charge is 2.34. The lowest BCUT2D eigenvalue weighted by Crippen LogP contribution is -2.48. The van der Waals surface area contributed by atoms with Gasteiger partial charge in [0.25, 0.3) is 0 Å². The second-order valence-corrected chi connectivity index (χ2v) is 5.60. The molecule has 0 bridgehead atoms. The lowest BCUT2D eigenvalue weighted by atomic mass is 9.78. The molecule has 0 amide bonds. The van der Waals surface area contributed by atoms with E-state index in [1.165, 1.54) is 58.3 Å². The molecule has 1 N–H and O–H groups in total. The number of nitrogens with zero attached hydrogens (tertiary/aromatic N) is 1. The fourth-order valence-electron chi connectivity index (χ4n) is 3.24. The van der Waals surface area contributed by atoms with Gasteiger partial charge in [0.05, 0.1) is 0 Å². The first-order chi connectivity index (χ1) is 7.26. The van der Waals surface area contributed by atoms with Gasteiger partial charge in [-0.3, -0.25) is 0 Å². The number of piperidine rings is 1. The summed E-state index contributed by atoms with van der Waals surface area (Å²) in [5.74, 6) is 0. The van der Waals surface area contributed by atoms with Crippen molar-refractivity contribution < 1.29 is 0 Å². The average molecular weight is 210 g/mol. The fraction of sp³-hybridized carbons (Fsp3) is 1.00. The number of hydrogen-bond acceptors (Lipinski definition) is 2. The van der Waals surface area contributed by atoms with Crippen LogP contribution >= 0.6 is 0 Å². The molecule has 2 atom stereocenters. The molecule has 2 fully saturated rings. The maximum absolute atomic E-state index is 3.59. The van der Waals surface area contributed by atoms with Crippen LogP contribution in [0, 0.1) is 5.41 Å². The van der Waals surface area contributed by atoms with Gasteiger partial charge in [0, 0.05) is 19.1 Å². The predicted octanol–water partition coefficient (Wildman–Crippen LogP) is 2.25. The highest BCUT2D eigenvalue weighted by atomic mass is 15.2. The number of hydrogen-bond donors (Lipinski definition) is 1. The van der Waals surface area contributed by atoms with Crippen LogP contribution in [0.5, 0.6) is 0 Å². The van der Waals surface area contributed by atoms with Crippen molar-refractivity contribution in [1.29, 1.82) is 0 Å². The second-order valence-electron chi connectivity index (χ2n) is 5.60. The van der Waals surface area contributed by atoms with Crippen molar-refractivity contribution in [3.63, 3.8) is 0 Å². The summed E-state index contributed by atoms with van der Waals surface area (Å²) in [6.45, 7) is 9.91. The molecule has 0 saturated carbocycles. The molecule has 2 unspecified atom stereocenters. The third-order valence-electron chi connectivity index (χ3n) is 4.54. The van der Waals surface area contributed by atoms with Crippen LogP contribution in [-0.4, -0.2) is 37.1 Å². The maximum atomic E-state index is 3.59. The minimum Gasteiger partial charge on any atom is -0.316 e. The average Bonchev–Trinajstić information content (AvgIpc) is 2.66. The minimum atomic E-state index is 0.580. The molecule has 2 heterocycles. The van der Waals surface area contributed by atoms with Gasteiger partial charge in [-0.15, -0.1) is 0 Å². The number of likely N-dealkylation sites (tertiary alicyclic amines) is 1. The van der Waals surface area contributed by atoms with Gasteiger partial charge >= 0.3 is 0 Å². The lowest BCUT2D eigenvalue weighted by molar-refractivity contribution is 0.108. The first-order valence-electron chi connectivity index (χ1n) is 6.70. The third kappa shape index (κ3) is 2.54. The Morgan fingerprint density at radius 2 is 2.27 bits per heavy atom. The molecule has 0 aromatic carbocycles. The van der Waals surface area contributed by atoms with Crippen LogP contribution in [-0.2, 0) is 0 Å². The van der Waals surface area contributed by atoms with E-state index in [-0.39, 0.29) is 0 Å². The van der Waals surface area contributed by atoms with Gasteiger partial charge in [0.1, 0.15) is 0 Å². The summed E-state index contributed by atoms with van der Waals surface area (Å²) in [5, 5.41) is 3.59. The van der Waals surface area contributed by atoms with Crippen LogP contribution < -0.4 is 5.32 Å². The van der Waals surface area contributed by atoms with Gasteiger partial charge in [-0.25, -0.2) is 0 Å². The van der Waals surface area contributed by atoms with Crippen LogP contribution in [0.25, 0.3) is 0 Å². The zero-order valence-electron chi connectivity index (χ0n) is 10.4. The summed E-state index contributed by atoms with van der Waals surface area (Å²) < 4.78 is 0. The molecule has 2 aliphatic heterocycles. The quantitative estimate of drug-likeness (QED) is 0.768. The van der Waals surface area contributed by atoms with Crippen molar-refractivity contribution in [1.82, 2.24) is 10.2 Å². The molecule has 88 valence electrons. The van der Waals surface area contributed by atoms with E-state index in [0.29, 0.717) is 5.41 Å². The molecule has 2 heteroatoms. The Kier molecular flexibility index (Phi) is 3.68. The Morgan fingerprint density at radius 3 is 2.80 bits per heavy atom. The Bertz CT molecular complexity index is 197. The lowest BCUT2D eigenvalue weighted by Gasteiger charge is -2.41. The van der Waals surface area contributed by atoms with Gasteiger partial charge in [-0.1, -0.05) is 6.92 Å². The first-order valence-corrected chi connectivity index (χ1v) is 6.70. The molecule has 0 spiro atoms. The Labute approximate surface area is 94.4 Å². The summed E-state index contributed by atoms with van der Waals surface area (Å²) in [7, 11) is 0. The van der Waals surface area contributed by atoms with Crippen LogP contribution in [0.4, 0.5) is 0 Å². The fourth-order valence-corrected chi connectivity index (χ4v) is 3.24. The van der Waals surface area contributed by atoms with E-state index in [2.05, 4.69) is 24.1 Å². The van der Waals surface area contributed by atoms with Gasteiger partial charge in [0.2, 0.25) is 0 Å². The molecule has 2 rings (SSSR count). The summed E-state index contributed by atoms with van der Waals surface area (Å²) in [5.41, 5.74) is 0.580. The van der Waals surface area contributed by atoms with Crippen LogP contribution in [0.15, 0.2) is 0 Å². The zero-order chi connectivity index (χ0) is 10.7. The second kappa shape index (κ2) is 4.84. The molecule has 0 aromatic rings. The number of nitrogens with one attached hydrogen (secondary N) is 1. The van der Waals surface area contributed by atoms with E-state index in [0.717, 1.165) is 6.04 Å². The molecule has 15 heavy (non-hydrogen) atoms.